The number of hydrogen-bond acceptors (Lipinski definition) is 3. The maximum absolute atomic E-state index is 10.7. The van der Waals surface area contributed by atoms with Crippen molar-refractivity contribution in [3.8, 4) is 11.5 Å². The highest BCUT2D eigenvalue weighted by Crippen LogP contribution is 2.26. The molecule has 0 saturated heterocycles. The summed E-state index contributed by atoms with van der Waals surface area (Å²) < 4.78 is 5.68. The molecule has 0 unspecified atom stereocenters. The summed E-state index contributed by atoms with van der Waals surface area (Å²) in [6.07, 6.45) is 0.728. The number of pyridine rings is 1. The second-order valence-electron chi connectivity index (χ2n) is 3.71. The van der Waals surface area contributed by atoms with E-state index >= 15 is 0 Å². The number of carbonyl (C=O) groups is 1. The highest BCUT2D eigenvalue weighted by atomic mass is 16.3. The van der Waals surface area contributed by atoms with Crippen molar-refractivity contribution in [3.63, 3.8) is 0 Å². The third-order valence-corrected chi connectivity index (χ3v) is 2.57. The third-order valence-electron chi connectivity index (χ3n) is 2.57. The van der Waals surface area contributed by atoms with Gasteiger partial charge >= 0.3 is 0 Å². The first-order valence-electron chi connectivity index (χ1n) is 6.28. The summed E-state index contributed by atoms with van der Waals surface area (Å²) in [6, 6.07) is 15.0. The van der Waals surface area contributed by atoms with Crippen LogP contribution in [-0.2, 0) is 0 Å². The molecule has 0 spiro atoms. The topological polar surface area (TPSA) is 43.1 Å². The molecule has 3 aromatic rings. The number of carbonyl (C=O) groups excluding carboxylic acids is 1. The lowest BCUT2D eigenvalue weighted by Gasteiger charge is -1.95. The Hall–Kier alpha value is -2.42. The number of nitrogens with zero attached hydrogens (tertiary/aromatic N) is 1. The zero-order valence-corrected chi connectivity index (χ0v) is 11.0. The summed E-state index contributed by atoms with van der Waals surface area (Å²) in [5, 5.41) is 1.03. The predicted octanol–water partition coefficient (Wildman–Crippen LogP) is 4.33. The molecule has 2 aromatic heterocycles. The molecule has 0 aliphatic heterocycles. The Balaban J connectivity index is 0.000000637. The van der Waals surface area contributed by atoms with Gasteiger partial charge in [0.1, 0.15) is 17.0 Å². The van der Waals surface area contributed by atoms with Crippen LogP contribution in [0.3, 0.4) is 0 Å². The Labute approximate surface area is 111 Å². The van der Waals surface area contributed by atoms with Gasteiger partial charge in [0.05, 0.1) is 0 Å². The Morgan fingerprint density at radius 1 is 1.05 bits per heavy atom. The van der Waals surface area contributed by atoms with Gasteiger partial charge in [0.2, 0.25) is 0 Å². The molecule has 0 radical (unpaired) electrons. The minimum Gasteiger partial charge on any atom is -0.454 e. The van der Waals surface area contributed by atoms with Crippen LogP contribution in [0.15, 0.2) is 52.9 Å². The van der Waals surface area contributed by atoms with Crippen molar-refractivity contribution in [2.75, 3.05) is 0 Å². The quantitative estimate of drug-likeness (QED) is 0.638. The molecule has 0 aliphatic rings. The predicted molar refractivity (Wildman–Crippen MR) is 76.2 cm³/mol. The fraction of sp³-hybridized carbons (Fsp3) is 0.125. The fourth-order valence-electron chi connectivity index (χ4n) is 1.76. The van der Waals surface area contributed by atoms with Gasteiger partial charge in [0.25, 0.3) is 0 Å². The first-order valence-corrected chi connectivity index (χ1v) is 6.28. The molecule has 0 fully saturated rings. The van der Waals surface area contributed by atoms with Crippen LogP contribution in [0.25, 0.3) is 22.4 Å². The van der Waals surface area contributed by atoms with Crippen molar-refractivity contribution in [1.29, 1.82) is 0 Å². The van der Waals surface area contributed by atoms with Gasteiger partial charge in [-0.15, -0.1) is 0 Å². The number of aromatic nitrogens is 1. The van der Waals surface area contributed by atoms with Gasteiger partial charge in [-0.25, -0.2) is 4.98 Å². The molecule has 19 heavy (non-hydrogen) atoms. The van der Waals surface area contributed by atoms with E-state index in [2.05, 4.69) is 4.98 Å². The molecule has 0 aliphatic carbocycles. The van der Waals surface area contributed by atoms with E-state index in [1.807, 2.05) is 50.2 Å². The Morgan fingerprint density at radius 3 is 2.58 bits per heavy atom. The van der Waals surface area contributed by atoms with Crippen LogP contribution in [-0.4, -0.2) is 11.3 Å². The van der Waals surface area contributed by atoms with Crippen molar-refractivity contribution >= 4 is 17.3 Å². The minimum absolute atomic E-state index is 0.406. The molecule has 0 atom stereocenters. The van der Waals surface area contributed by atoms with Crippen molar-refractivity contribution < 1.29 is 9.21 Å². The molecule has 2 heterocycles. The van der Waals surface area contributed by atoms with Gasteiger partial charge in [-0.05, 0) is 24.3 Å². The smallest absolute Gasteiger partial charge is 0.168 e. The molecule has 96 valence electrons. The average Bonchev–Trinajstić information content (AvgIpc) is 2.93. The van der Waals surface area contributed by atoms with Gasteiger partial charge in [-0.3, -0.25) is 4.79 Å². The van der Waals surface area contributed by atoms with E-state index in [9.17, 15) is 4.79 Å². The van der Waals surface area contributed by atoms with Crippen LogP contribution in [0.4, 0.5) is 0 Å². The SMILES string of the molecule is CC.O=Cc1cccc(-c2cc3ccccc3o2)n1. The number of fused-ring (bicyclic) bond motifs is 1. The summed E-state index contributed by atoms with van der Waals surface area (Å²) >= 11 is 0. The second-order valence-corrected chi connectivity index (χ2v) is 3.71. The lowest BCUT2D eigenvalue weighted by Crippen LogP contribution is -1.87. The van der Waals surface area contributed by atoms with Crippen LogP contribution >= 0.6 is 0 Å². The minimum atomic E-state index is 0.406. The van der Waals surface area contributed by atoms with E-state index in [4.69, 9.17) is 4.42 Å². The maximum Gasteiger partial charge on any atom is 0.168 e. The normalized spacial score (nSPS) is 9.79. The number of aldehydes is 1. The summed E-state index contributed by atoms with van der Waals surface area (Å²) in [5.74, 6) is 0.676. The molecular formula is C16H15NO2. The van der Waals surface area contributed by atoms with E-state index in [0.717, 1.165) is 17.3 Å². The standard InChI is InChI=1S/C14H9NO2.C2H6/c16-9-11-5-3-6-12(15-11)14-8-10-4-1-2-7-13(10)17-14;1-2/h1-9H;1-2H3. The molecule has 0 N–H and O–H groups in total. The van der Waals surface area contributed by atoms with Crippen LogP contribution in [0.2, 0.25) is 0 Å². The number of benzene rings is 1. The van der Waals surface area contributed by atoms with Crippen molar-refractivity contribution in [2.24, 2.45) is 0 Å². The van der Waals surface area contributed by atoms with Crippen LogP contribution in [0.1, 0.15) is 24.3 Å². The third kappa shape index (κ3) is 2.71. The molecule has 0 amide bonds. The van der Waals surface area contributed by atoms with E-state index in [-0.39, 0.29) is 0 Å². The lowest BCUT2D eigenvalue weighted by molar-refractivity contribution is 0.111. The average molecular weight is 253 g/mol. The zero-order valence-electron chi connectivity index (χ0n) is 11.0. The lowest BCUT2D eigenvalue weighted by atomic mass is 10.2. The number of rotatable bonds is 2. The Kier molecular flexibility index (Phi) is 4.08. The molecule has 0 saturated carbocycles. The van der Waals surface area contributed by atoms with Gasteiger partial charge in [0, 0.05) is 5.39 Å². The number of para-hydroxylation sites is 1. The van der Waals surface area contributed by atoms with Crippen molar-refractivity contribution in [3.05, 3.63) is 54.2 Å². The monoisotopic (exact) mass is 253 g/mol. The number of furan rings is 1. The van der Waals surface area contributed by atoms with E-state index in [1.165, 1.54) is 0 Å². The first kappa shape index (κ1) is 13.0. The van der Waals surface area contributed by atoms with Gasteiger partial charge in [0.15, 0.2) is 12.0 Å². The molecular weight excluding hydrogens is 238 g/mol. The summed E-state index contributed by atoms with van der Waals surface area (Å²) in [7, 11) is 0. The highest BCUT2D eigenvalue weighted by Gasteiger charge is 2.07. The van der Waals surface area contributed by atoms with Crippen LogP contribution in [0, 0.1) is 0 Å². The Bertz CT molecular complexity index is 653. The molecule has 3 heteroatoms. The maximum atomic E-state index is 10.7. The summed E-state index contributed by atoms with van der Waals surface area (Å²) in [5.41, 5.74) is 1.90. The highest BCUT2D eigenvalue weighted by molar-refractivity contribution is 5.82. The van der Waals surface area contributed by atoms with Crippen molar-refractivity contribution in [1.82, 2.24) is 4.98 Å². The molecule has 3 nitrogen and oxygen atoms in total. The summed E-state index contributed by atoms with van der Waals surface area (Å²) in [6.45, 7) is 4.00. The largest absolute Gasteiger partial charge is 0.454 e. The second kappa shape index (κ2) is 5.96. The van der Waals surface area contributed by atoms with E-state index in [1.54, 1.807) is 12.1 Å². The summed E-state index contributed by atoms with van der Waals surface area (Å²) in [4.78, 5) is 14.9. The van der Waals surface area contributed by atoms with Crippen LogP contribution in [0.5, 0.6) is 0 Å². The molecule has 0 bridgehead atoms. The zero-order chi connectivity index (χ0) is 13.7. The van der Waals surface area contributed by atoms with Gasteiger partial charge in [-0.1, -0.05) is 38.1 Å². The van der Waals surface area contributed by atoms with E-state index in [0.29, 0.717) is 17.1 Å². The van der Waals surface area contributed by atoms with Crippen molar-refractivity contribution in [2.45, 2.75) is 13.8 Å². The molecule has 1 aromatic carbocycles. The van der Waals surface area contributed by atoms with Gasteiger partial charge in [-0.2, -0.15) is 0 Å². The molecule has 3 rings (SSSR count). The Morgan fingerprint density at radius 2 is 1.84 bits per heavy atom. The number of hydrogen-bond donors (Lipinski definition) is 0. The first-order chi connectivity index (χ1) is 9.36. The fourth-order valence-corrected chi connectivity index (χ4v) is 1.76. The van der Waals surface area contributed by atoms with E-state index < -0.39 is 0 Å². The van der Waals surface area contributed by atoms with Crippen LogP contribution < -0.4 is 0 Å². The van der Waals surface area contributed by atoms with Gasteiger partial charge < -0.3 is 4.42 Å².